The van der Waals surface area contributed by atoms with E-state index in [4.69, 9.17) is 13.6 Å². The molecule has 3 rings (SSSR count). The quantitative estimate of drug-likeness (QED) is 0.461. The fourth-order valence-electron chi connectivity index (χ4n) is 2.74. The van der Waals surface area contributed by atoms with Gasteiger partial charge in [0.05, 0.1) is 6.20 Å². The Morgan fingerprint density at radius 2 is 2.03 bits per heavy atom. The topological polar surface area (TPSA) is 51.6 Å². The summed E-state index contributed by atoms with van der Waals surface area (Å²) >= 11 is 0. The number of hydrogen-bond donors (Lipinski definition) is 0. The summed E-state index contributed by atoms with van der Waals surface area (Å²) in [5.74, 6) is 9.08. The van der Waals surface area contributed by atoms with Gasteiger partial charge in [0.15, 0.2) is 17.9 Å². The van der Waals surface area contributed by atoms with E-state index in [0.29, 0.717) is 18.1 Å². The minimum Gasteiger partial charge on any atom is -0.486 e. The number of aromatic nitrogens is 1. The van der Waals surface area contributed by atoms with Crippen LogP contribution in [0, 0.1) is 17.3 Å². The second-order valence-corrected chi connectivity index (χ2v) is 8.19. The number of benzene rings is 1. The Labute approximate surface area is 178 Å². The summed E-state index contributed by atoms with van der Waals surface area (Å²) in [5.41, 5.74) is 1.22. The zero-order chi connectivity index (χ0) is 21.4. The molecule has 0 aliphatic heterocycles. The molecule has 2 heterocycles. The zero-order valence-electron chi connectivity index (χ0n) is 18.0. The molecule has 0 bridgehead atoms. The van der Waals surface area contributed by atoms with Crippen LogP contribution in [0.1, 0.15) is 32.1 Å². The molecule has 3 aromatic rings. The van der Waals surface area contributed by atoms with Gasteiger partial charge >= 0.3 is 0 Å². The number of oxazole rings is 1. The van der Waals surface area contributed by atoms with E-state index in [1.54, 1.807) is 6.20 Å². The largest absolute Gasteiger partial charge is 0.486 e. The highest BCUT2D eigenvalue weighted by molar-refractivity contribution is 5.48. The molecule has 0 N–H and O–H groups in total. The second-order valence-electron chi connectivity index (χ2n) is 8.19. The SMILES string of the molecule is CN(C/C=C/C#CC(C)(C)C)Cc1cccc(OCc2ccc(-c3cnco3)o2)c1. The molecule has 0 unspecified atom stereocenters. The molecule has 0 amide bonds. The summed E-state index contributed by atoms with van der Waals surface area (Å²) < 4.78 is 16.9. The first-order valence-electron chi connectivity index (χ1n) is 9.95. The molecule has 5 heteroatoms. The molecule has 1 aromatic carbocycles. The maximum atomic E-state index is 5.90. The van der Waals surface area contributed by atoms with E-state index in [0.717, 1.165) is 24.6 Å². The van der Waals surface area contributed by atoms with Crippen LogP contribution in [0.3, 0.4) is 0 Å². The number of allylic oxidation sites excluding steroid dienone is 1. The van der Waals surface area contributed by atoms with Gasteiger partial charge in [0.1, 0.15) is 18.1 Å². The van der Waals surface area contributed by atoms with Crippen molar-refractivity contribution in [2.24, 2.45) is 5.41 Å². The van der Waals surface area contributed by atoms with Gasteiger partial charge in [0, 0.05) is 18.5 Å². The summed E-state index contributed by atoms with van der Waals surface area (Å²) in [7, 11) is 2.09. The van der Waals surface area contributed by atoms with Crippen molar-refractivity contribution in [3.05, 3.63) is 72.5 Å². The second kappa shape index (κ2) is 10.00. The molecular formula is C25H28N2O3. The van der Waals surface area contributed by atoms with Crippen LogP contribution in [-0.2, 0) is 13.2 Å². The van der Waals surface area contributed by atoms with E-state index < -0.39 is 0 Å². The van der Waals surface area contributed by atoms with Crippen molar-refractivity contribution in [1.29, 1.82) is 0 Å². The van der Waals surface area contributed by atoms with Crippen molar-refractivity contribution in [2.75, 3.05) is 13.6 Å². The van der Waals surface area contributed by atoms with E-state index in [1.807, 2.05) is 30.3 Å². The lowest BCUT2D eigenvalue weighted by Gasteiger charge is -2.15. The first-order valence-corrected chi connectivity index (χ1v) is 9.95. The zero-order valence-corrected chi connectivity index (χ0v) is 18.0. The van der Waals surface area contributed by atoms with Gasteiger partial charge in [-0.05, 0) is 63.7 Å². The Hall–Kier alpha value is -3.23. The first kappa shape index (κ1) is 21.5. The van der Waals surface area contributed by atoms with Crippen LogP contribution in [0.15, 0.2) is 70.0 Å². The number of rotatable bonds is 8. The molecule has 0 aliphatic carbocycles. The maximum Gasteiger partial charge on any atom is 0.189 e. The predicted octanol–water partition coefficient (Wildman–Crippen LogP) is 5.55. The first-order chi connectivity index (χ1) is 14.4. The molecule has 0 fully saturated rings. The van der Waals surface area contributed by atoms with E-state index in [2.05, 4.69) is 67.8 Å². The van der Waals surface area contributed by atoms with Crippen molar-refractivity contribution in [3.8, 4) is 29.1 Å². The molecule has 0 aliphatic rings. The summed E-state index contributed by atoms with van der Waals surface area (Å²) in [6, 6.07) is 11.8. The summed E-state index contributed by atoms with van der Waals surface area (Å²) in [4.78, 5) is 6.13. The molecule has 5 nitrogen and oxygen atoms in total. The van der Waals surface area contributed by atoms with E-state index >= 15 is 0 Å². The number of hydrogen-bond acceptors (Lipinski definition) is 5. The van der Waals surface area contributed by atoms with Gasteiger partial charge in [-0.25, -0.2) is 4.98 Å². The van der Waals surface area contributed by atoms with E-state index in [-0.39, 0.29) is 5.41 Å². The minimum atomic E-state index is 0.0316. The third kappa shape index (κ3) is 6.98. The summed E-state index contributed by atoms with van der Waals surface area (Å²) in [5, 5.41) is 0. The van der Waals surface area contributed by atoms with E-state index in [1.165, 1.54) is 12.0 Å². The highest BCUT2D eigenvalue weighted by atomic mass is 16.5. The Morgan fingerprint density at radius 3 is 2.80 bits per heavy atom. The molecule has 0 saturated carbocycles. The summed E-state index contributed by atoms with van der Waals surface area (Å²) in [6.07, 6.45) is 7.02. The van der Waals surface area contributed by atoms with Crippen LogP contribution in [0.5, 0.6) is 5.75 Å². The molecule has 0 spiro atoms. The van der Waals surface area contributed by atoms with Crippen LogP contribution in [0.2, 0.25) is 0 Å². The summed E-state index contributed by atoms with van der Waals surface area (Å²) in [6.45, 7) is 8.33. The van der Waals surface area contributed by atoms with Gasteiger partial charge in [-0.15, -0.1) is 0 Å². The number of nitrogens with zero attached hydrogens (tertiary/aromatic N) is 2. The van der Waals surface area contributed by atoms with Crippen LogP contribution in [-0.4, -0.2) is 23.5 Å². The highest BCUT2D eigenvalue weighted by Crippen LogP contribution is 2.23. The van der Waals surface area contributed by atoms with Gasteiger partial charge in [0.25, 0.3) is 0 Å². The lowest BCUT2D eigenvalue weighted by molar-refractivity contribution is 0.270. The smallest absolute Gasteiger partial charge is 0.189 e. The Balaban J connectivity index is 1.49. The molecular weight excluding hydrogens is 376 g/mol. The molecule has 30 heavy (non-hydrogen) atoms. The number of ether oxygens (including phenoxy) is 1. The minimum absolute atomic E-state index is 0.0316. The number of furan rings is 1. The monoisotopic (exact) mass is 404 g/mol. The Morgan fingerprint density at radius 1 is 1.17 bits per heavy atom. The predicted molar refractivity (Wildman–Crippen MR) is 118 cm³/mol. The molecule has 0 atom stereocenters. The third-order valence-electron chi connectivity index (χ3n) is 4.13. The van der Waals surface area contributed by atoms with Gasteiger partial charge in [0.2, 0.25) is 0 Å². The van der Waals surface area contributed by atoms with Crippen LogP contribution in [0.25, 0.3) is 11.5 Å². The van der Waals surface area contributed by atoms with E-state index in [9.17, 15) is 0 Å². The number of likely N-dealkylation sites (N-methyl/N-ethyl adjacent to an activating group) is 1. The van der Waals surface area contributed by atoms with Crippen molar-refractivity contribution in [3.63, 3.8) is 0 Å². The van der Waals surface area contributed by atoms with Crippen molar-refractivity contribution in [1.82, 2.24) is 9.88 Å². The average Bonchev–Trinajstić information content (AvgIpc) is 3.37. The van der Waals surface area contributed by atoms with Gasteiger partial charge < -0.3 is 13.6 Å². The molecule has 156 valence electrons. The third-order valence-corrected chi connectivity index (χ3v) is 4.13. The molecule has 2 aromatic heterocycles. The Bertz CT molecular complexity index is 1010. The van der Waals surface area contributed by atoms with Gasteiger partial charge in [-0.1, -0.05) is 30.0 Å². The average molecular weight is 405 g/mol. The lowest BCUT2D eigenvalue weighted by atomic mass is 9.98. The lowest BCUT2D eigenvalue weighted by Crippen LogP contribution is -2.17. The normalized spacial score (nSPS) is 11.6. The Kier molecular flexibility index (Phi) is 7.16. The van der Waals surface area contributed by atoms with Crippen molar-refractivity contribution in [2.45, 2.75) is 33.9 Å². The highest BCUT2D eigenvalue weighted by Gasteiger charge is 2.08. The fourth-order valence-corrected chi connectivity index (χ4v) is 2.74. The van der Waals surface area contributed by atoms with Crippen LogP contribution >= 0.6 is 0 Å². The molecule has 0 saturated heterocycles. The van der Waals surface area contributed by atoms with Gasteiger partial charge in [-0.2, -0.15) is 0 Å². The van der Waals surface area contributed by atoms with Crippen LogP contribution < -0.4 is 4.74 Å². The van der Waals surface area contributed by atoms with Gasteiger partial charge in [-0.3, -0.25) is 4.90 Å². The van der Waals surface area contributed by atoms with Crippen molar-refractivity contribution < 1.29 is 13.6 Å². The molecule has 0 radical (unpaired) electrons. The standard InChI is InChI=1S/C25H28N2O3/c1-25(2,3)13-6-5-7-14-27(4)17-20-9-8-10-21(15-20)28-18-22-11-12-23(30-22)24-16-26-19-29-24/h5,7-12,15-16,19H,14,17-18H2,1-4H3/b7-5+. The van der Waals surface area contributed by atoms with Crippen LogP contribution in [0.4, 0.5) is 0 Å². The van der Waals surface area contributed by atoms with Crippen molar-refractivity contribution >= 4 is 0 Å². The fraction of sp³-hybridized carbons (Fsp3) is 0.320. The maximum absolute atomic E-state index is 5.90.